The number of carbonyl (C=O) groups is 2. The summed E-state index contributed by atoms with van der Waals surface area (Å²) in [4.78, 5) is 31.6. The fourth-order valence-corrected chi connectivity index (χ4v) is 5.35. The molecule has 2 atom stereocenters. The van der Waals surface area contributed by atoms with Crippen molar-refractivity contribution in [2.24, 2.45) is 5.10 Å². The first-order chi connectivity index (χ1) is 20.2. The molecule has 2 unspecified atom stereocenters. The number of aromatic nitrogens is 3. The van der Waals surface area contributed by atoms with Crippen LogP contribution >= 0.6 is 0 Å². The van der Waals surface area contributed by atoms with Gasteiger partial charge in [-0.05, 0) is 38.0 Å². The topological polar surface area (TPSA) is 114 Å². The molecule has 3 aliphatic heterocycles. The summed E-state index contributed by atoms with van der Waals surface area (Å²) in [7, 11) is 0. The lowest BCUT2D eigenvalue weighted by atomic mass is 10.0. The second-order valence-corrected chi connectivity index (χ2v) is 10.5. The quantitative estimate of drug-likeness (QED) is 0.476. The summed E-state index contributed by atoms with van der Waals surface area (Å²) >= 11 is 0. The van der Waals surface area contributed by atoms with E-state index < -0.39 is 35.6 Å². The number of hydrazone groups is 1. The zero-order chi connectivity index (χ0) is 29.5. The number of ether oxygens (including phenoxy) is 2. The first kappa shape index (κ1) is 27.7. The Labute approximate surface area is 238 Å². The highest BCUT2D eigenvalue weighted by Gasteiger charge is 2.39. The number of nitrogens with one attached hydrogen (secondary N) is 1. The lowest BCUT2D eigenvalue weighted by Crippen LogP contribution is -2.58. The van der Waals surface area contributed by atoms with Gasteiger partial charge in [0.2, 0.25) is 0 Å². The number of pyridine rings is 1. The van der Waals surface area contributed by atoms with Crippen LogP contribution in [0.25, 0.3) is 5.82 Å². The van der Waals surface area contributed by atoms with E-state index in [1.54, 1.807) is 13.8 Å². The number of hydrogen-bond donors (Lipinski definition) is 1. The SMILES string of the molecule is Cc1nn(-c2cc(OC3CN(C(=O)N4N=CCC4c4cc(F)cc(F)c4)C3)c(F)cn2)c(C)c1C(=O)NC1CCOC1. The van der Waals surface area contributed by atoms with Crippen molar-refractivity contribution in [2.75, 3.05) is 26.3 Å². The van der Waals surface area contributed by atoms with Crippen LogP contribution in [0.3, 0.4) is 0 Å². The van der Waals surface area contributed by atoms with Crippen LogP contribution in [0.1, 0.15) is 46.2 Å². The van der Waals surface area contributed by atoms with Gasteiger partial charge in [-0.3, -0.25) is 4.79 Å². The van der Waals surface area contributed by atoms with E-state index in [9.17, 15) is 22.8 Å². The van der Waals surface area contributed by atoms with E-state index in [-0.39, 0.29) is 36.6 Å². The summed E-state index contributed by atoms with van der Waals surface area (Å²) in [5.41, 5.74) is 1.74. The second-order valence-electron chi connectivity index (χ2n) is 10.5. The summed E-state index contributed by atoms with van der Waals surface area (Å²) in [6.07, 6.45) is 3.08. The van der Waals surface area contributed by atoms with Crippen molar-refractivity contribution < 1.29 is 32.2 Å². The Kier molecular flexibility index (Phi) is 7.31. The predicted molar refractivity (Wildman–Crippen MR) is 143 cm³/mol. The van der Waals surface area contributed by atoms with Crippen molar-refractivity contribution >= 4 is 18.2 Å². The molecule has 0 radical (unpaired) electrons. The minimum absolute atomic E-state index is 0.0648. The molecular formula is C28H28F3N7O4. The minimum Gasteiger partial charge on any atom is -0.483 e. The maximum Gasteiger partial charge on any atom is 0.341 e. The average molecular weight is 584 g/mol. The number of nitrogens with zero attached hydrogens (tertiary/aromatic N) is 6. The Balaban J connectivity index is 1.11. The van der Waals surface area contributed by atoms with E-state index in [0.29, 0.717) is 42.1 Å². The summed E-state index contributed by atoms with van der Waals surface area (Å²) in [5, 5.41) is 12.7. The zero-order valence-electron chi connectivity index (χ0n) is 22.9. The van der Waals surface area contributed by atoms with E-state index in [4.69, 9.17) is 9.47 Å². The molecular weight excluding hydrogens is 555 g/mol. The molecule has 3 amide bonds. The van der Waals surface area contributed by atoms with Crippen LogP contribution in [-0.4, -0.2) is 81.3 Å². The molecule has 42 heavy (non-hydrogen) atoms. The Hall–Kier alpha value is -4.46. The zero-order valence-corrected chi connectivity index (χ0v) is 22.9. The van der Waals surface area contributed by atoms with Gasteiger partial charge in [0.25, 0.3) is 5.91 Å². The molecule has 0 aliphatic carbocycles. The van der Waals surface area contributed by atoms with Gasteiger partial charge in [-0.2, -0.15) is 10.2 Å². The normalized spacial score (nSPS) is 20.2. The number of benzene rings is 1. The van der Waals surface area contributed by atoms with Crippen molar-refractivity contribution in [3.8, 4) is 11.6 Å². The van der Waals surface area contributed by atoms with Crippen molar-refractivity contribution in [2.45, 2.75) is 44.9 Å². The van der Waals surface area contributed by atoms with Gasteiger partial charge in [-0.25, -0.2) is 32.6 Å². The van der Waals surface area contributed by atoms with Crippen LogP contribution in [-0.2, 0) is 4.74 Å². The summed E-state index contributed by atoms with van der Waals surface area (Å²) in [6.45, 7) is 4.81. The van der Waals surface area contributed by atoms with Crippen LogP contribution in [0.2, 0.25) is 0 Å². The summed E-state index contributed by atoms with van der Waals surface area (Å²) in [6, 6.07) is 3.36. The third-order valence-electron chi connectivity index (χ3n) is 7.51. The predicted octanol–water partition coefficient (Wildman–Crippen LogP) is 3.44. The summed E-state index contributed by atoms with van der Waals surface area (Å²) < 4.78 is 54.8. The number of rotatable bonds is 6. The number of halogens is 3. The Morgan fingerprint density at radius 1 is 1.10 bits per heavy atom. The van der Waals surface area contributed by atoms with E-state index in [0.717, 1.165) is 18.7 Å². The summed E-state index contributed by atoms with van der Waals surface area (Å²) in [5.74, 6) is -2.25. The lowest BCUT2D eigenvalue weighted by Gasteiger charge is -2.41. The lowest BCUT2D eigenvalue weighted by molar-refractivity contribution is 0.0256. The van der Waals surface area contributed by atoms with Crippen LogP contribution in [0.15, 0.2) is 35.6 Å². The molecule has 220 valence electrons. The third kappa shape index (κ3) is 5.29. The number of carbonyl (C=O) groups excluding carboxylic acids is 2. The van der Waals surface area contributed by atoms with Crippen molar-refractivity contribution in [1.29, 1.82) is 0 Å². The molecule has 0 bridgehead atoms. The minimum atomic E-state index is -0.736. The molecule has 0 spiro atoms. The Bertz CT molecular complexity index is 1550. The highest BCUT2D eigenvalue weighted by Crippen LogP contribution is 2.32. The van der Waals surface area contributed by atoms with Gasteiger partial charge in [-0.15, -0.1) is 0 Å². The molecule has 2 fully saturated rings. The van der Waals surface area contributed by atoms with Gasteiger partial charge in [0.1, 0.15) is 17.7 Å². The molecule has 3 aromatic rings. The van der Waals surface area contributed by atoms with E-state index in [1.807, 2.05) is 0 Å². The van der Waals surface area contributed by atoms with Gasteiger partial charge >= 0.3 is 6.03 Å². The molecule has 6 rings (SSSR count). The Morgan fingerprint density at radius 3 is 2.57 bits per heavy atom. The van der Waals surface area contributed by atoms with Crippen LogP contribution in [0.4, 0.5) is 18.0 Å². The monoisotopic (exact) mass is 583 g/mol. The molecule has 3 aliphatic rings. The smallest absolute Gasteiger partial charge is 0.341 e. The molecule has 1 N–H and O–H groups in total. The molecule has 2 aromatic heterocycles. The fourth-order valence-electron chi connectivity index (χ4n) is 5.35. The first-order valence-electron chi connectivity index (χ1n) is 13.5. The molecule has 1 aromatic carbocycles. The number of likely N-dealkylation sites (tertiary alicyclic amines) is 1. The van der Waals surface area contributed by atoms with Gasteiger partial charge in [0.15, 0.2) is 17.4 Å². The van der Waals surface area contributed by atoms with Crippen molar-refractivity contribution in [1.82, 2.24) is 30.0 Å². The van der Waals surface area contributed by atoms with Crippen LogP contribution in [0, 0.1) is 31.3 Å². The van der Waals surface area contributed by atoms with Crippen LogP contribution < -0.4 is 10.1 Å². The number of aryl methyl sites for hydroxylation is 1. The average Bonchev–Trinajstić information content (AvgIpc) is 3.67. The number of urea groups is 1. The molecule has 14 heteroatoms. The van der Waals surface area contributed by atoms with Gasteiger partial charge in [0, 0.05) is 31.4 Å². The van der Waals surface area contributed by atoms with E-state index >= 15 is 0 Å². The van der Waals surface area contributed by atoms with Gasteiger partial charge in [-0.1, -0.05) is 0 Å². The molecule has 11 nitrogen and oxygen atoms in total. The van der Waals surface area contributed by atoms with Gasteiger partial charge < -0.3 is 19.7 Å². The maximum absolute atomic E-state index is 14.7. The van der Waals surface area contributed by atoms with E-state index in [2.05, 4.69) is 20.5 Å². The largest absolute Gasteiger partial charge is 0.483 e. The molecule has 0 saturated carbocycles. The van der Waals surface area contributed by atoms with Gasteiger partial charge in [0.05, 0.1) is 54.9 Å². The maximum atomic E-state index is 14.7. The first-order valence-corrected chi connectivity index (χ1v) is 13.5. The standard InChI is InChI=1S/C28H28F3N7O4/c1-15-26(27(39)34-20-4-6-41-14-20)16(2)37(35-15)25-10-24(22(31)11-32-25)42-21-12-36(13-21)28(40)38-23(3-5-33-38)17-7-18(29)9-19(30)8-17/h5,7-11,20-21,23H,3-4,6,12-14H2,1-2H3,(H,34,39). The van der Waals surface area contributed by atoms with E-state index in [1.165, 1.54) is 39.0 Å². The van der Waals surface area contributed by atoms with Crippen molar-refractivity contribution in [3.63, 3.8) is 0 Å². The third-order valence-corrected chi connectivity index (χ3v) is 7.51. The number of hydrogen-bond acceptors (Lipinski definition) is 7. The van der Waals surface area contributed by atoms with Crippen molar-refractivity contribution in [3.05, 3.63) is 70.4 Å². The van der Waals surface area contributed by atoms with Crippen LogP contribution in [0.5, 0.6) is 5.75 Å². The molecule has 2 saturated heterocycles. The highest BCUT2D eigenvalue weighted by molar-refractivity contribution is 5.96. The molecule has 5 heterocycles. The second kappa shape index (κ2) is 11.1. The number of amides is 3. The Morgan fingerprint density at radius 2 is 1.86 bits per heavy atom. The fraction of sp³-hybridized carbons (Fsp3) is 0.393. The highest BCUT2D eigenvalue weighted by atomic mass is 19.1.